The number of aryl methyl sites for hydroxylation is 3. The van der Waals surface area contributed by atoms with Gasteiger partial charge < -0.3 is 5.32 Å². The fourth-order valence-electron chi connectivity index (χ4n) is 2.58. The van der Waals surface area contributed by atoms with Crippen LogP contribution in [0.4, 0.5) is 5.69 Å². The van der Waals surface area contributed by atoms with E-state index in [9.17, 15) is 13.2 Å². The summed E-state index contributed by atoms with van der Waals surface area (Å²) in [4.78, 5) is 12.6. The van der Waals surface area contributed by atoms with Crippen LogP contribution in [0.1, 0.15) is 28.7 Å². The molecule has 146 valence electrons. The van der Waals surface area contributed by atoms with Gasteiger partial charge in [0.2, 0.25) is 15.9 Å². The Kier molecular flexibility index (Phi) is 6.68. The lowest BCUT2D eigenvalue weighted by atomic mass is 10.1. The number of rotatable bonds is 6. The van der Waals surface area contributed by atoms with Crippen LogP contribution in [0, 0.1) is 20.8 Å². The van der Waals surface area contributed by atoms with Crippen molar-refractivity contribution >= 4 is 33.2 Å². The van der Waals surface area contributed by atoms with Crippen LogP contribution in [0.5, 0.6) is 0 Å². The number of benzene rings is 2. The molecule has 2 aromatic rings. The third-order valence-corrected chi connectivity index (χ3v) is 6.77. The summed E-state index contributed by atoms with van der Waals surface area (Å²) in [5, 5.41) is 3.53. The molecule has 0 bridgehead atoms. The highest BCUT2D eigenvalue weighted by molar-refractivity contribution is 7.89. The molecule has 0 saturated heterocycles. The fraction of sp³-hybridized carbons (Fsp3) is 0.350. The molecule has 0 aliphatic carbocycles. The van der Waals surface area contributed by atoms with Gasteiger partial charge >= 0.3 is 0 Å². The van der Waals surface area contributed by atoms with E-state index in [1.807, 2.05) is 39.0 Å². The number of hydrogen-bond donors (Lipinski definition) is 1. The first-order valence-corrected chi connectivity index (χ1v) is 10.4. The van der Waals surface area contributed by atoms with Crippen molar-refractivity contribution in [2.45, 2.75) is 38.5 Å². The summed E-state index contributed by atoms with van der Waals surface area (Å²) in [7, 11) is -0.608. The van der Waals surface area contributed by atoms with Gasteiger partial charge in [0.15, 0.2) is 0 Å². The van der Waals surface area contributed by atoms with E-state index in [1.54, 1.807) is 6.07 Å². The first-order chi connectivity index (χ1) is 12.5. The summed E-state index contributed by atoms with van der Waals surface area (Å²) in [6.45, 7) is 5.61. The van der Waals surface area contributed by atoms with Crippen LogP contribution in [-0.4, -0.2) is 32.7 Å². The van der Waals surface area contributed by atoms with Crippen molar-refractivity contribution in [3.05, 3.63) is 57.6 Å². The van der Waals surface area contributed by atoms with E-state index in [0.717, 1.165) is 26.6 Å². The third kappa shape index (κ3) is 5.09. The molecule has 0 aromatic heterocycles. The summed E-state index contributed by atoms with van der Waals surface area (Å²) in [5.41, 5.74) is 4.15. The average Bonchev–Trinajstić information content (AvgIpc) is 2.59. The molecular weight excluding hydrogens is 384 g/mol. The quantitative estimate of drug-likeness (QED) is 0.782. The molecule has 1 amide bonds. The van der Waals surface area contributed by atoms with Crippen molar-refractivity contribution in [3.63, 3.8) is 0 Å². The maximum absolute atomic E-state index is 12.4. The van der Waals surface area contributed by atoms with Gasteiger partial charge in [-0.2, -0.15) is 0 Å². The summed E-state index contributed by atoms with van der Waals surface area (Å²) < 4.78 is 26.0. The molecule has 0 spiro atoms. The minimum Gasteiger partial charge on any atom is -0.326 e. The summed E-state index contributed by atoms with van der Waals surface area (Å²) >= 11 is 6.12. The van der Waals surface area contributed by atoms with Crippen molar-refractivity contribution in [2.75, 3.05) is 19.4 Å². The van der Waals surface area contributed by atoms with Gasteiger partial charge in [0.05, 0.1) is 4.90 Å². The Hall–Kier alpha value is -1.89. The monoisotopic (exact) mass is 408 g/mol. The number of sulfonamides is 1. The van der Waals surface area contributed by atoms with Crippen LogP contribution in [0.25, 0.3) is 0 Å². The van der Waals surface area contributed by atoms with Crippen molar-refractivity contribution < 1.29 is 13.2 Å². The van der Waals surface area contributed by atoms with Crippen molar-refractivity contribution in [1.82, 2.24) is 4.31 Å². The molecular formula is C20H25ClN2O3S. The van der Waals surface area contributed by atoms with Crippen LogP contribution in [-0.2, 0) is 21.2 Å². The number of nitrogens with zero attached hydrogens (tertiary/aromatic N) is 1. The van der Waals surface area contributed by atoms with Gasteiger partial charge in [-0.15, -0.1) is 0 Å². The second-order valence-electron chi connectivity index (χ2n) is 6.83. The van der Waals surface area contributed by atoms with Gasteiger partial charge in [-0.05, 0) is 67.6 Å². The summed E-state index contributed by atoms with van der Waals surface area (Å²) in [5.74, 6) is -0.173. The SMILES string of the molecule is Cc1ccc(CCC(=O)Nc2cc(S(=O)(=O)N(C)C)cc(C)c2C)cc1Cl. The second-order valence-corrected chi connectivity index (χ2v) is 9.39. The van der Waals surface area contributed by atoms with E-state index >= 15 is 0 Å². The Morgan fingerprint density at radius 3 is 2.33 bits per heavy atom. The van der Waals surface area contributed by atoms with Crippen LogP contribution >= 0.6 is 11.6 Å². The zero-order valence-electron chi connectivity index (χ0n) is 16.3. The summed E-state index contributed by atoms with van der Waals surface area (Å²) in [6, 6.07) is 8.88. The van der Waals surface area contributed by atoms with E-state index in [-0.39, 0.29) is 17.2 Å². The molecule has 5 nitrogen and oxygen atoms in total. The number of anilines is 1. The largest absolute Gasteiger partial charge is 0.326 e. The van der Waals surface area contributed by atoms with Gasteiger partial charge in [0.25, 0.3) is 0 Å². The van der Waals surface area contributed by atoms with Gasteiger partial charge in [0, 0.05) is 31.2 Å². The molecule has 0 atom stereocenters. The molecule has 2 rings (SSSR count). The lowest BCUT2D eigenvalue weighted by molar-refractivity contribution is -0.116. The minimum atomic E-state index is -3.57. The molecule has 0 fully saturated rings. The Morgan fingerprint density at radius 1 is 1.07 bits per heavy atom. The highest BCUT2D eigenvalue weighted by atomic mass is 35.5. The Balaban J connectivity index is 2.17. The highest BCUT2D eigenvalue weighted by Gasteiger charge is 2.20. The molecule has 7 heteroatoms. The maximum Gasteiger partial charge on any atom is 0.242 e. The number of hydrogen-bond acceptors (Lipinski definition) is 3. The normalized spacial score (nSPS) is 11.7. The number of carbonyl (C=O) groups excluding carboxylic acids is 1. The van der Waals surface area contributed by atoms with E-state index < -0.39 is 10.0 Å². The zero-order chi connectivity index (χ0) is 20.4. The van der Waals surface area contributed by atoms with Crippen LogP contribution in [0.3, 0.4) is 0 Å². The van der Waals surface area contributed by atoms with Crippen LogP contribution < -0.4 is 5.32 Å². The molecule has 27 heavy (non-hydrogen) atoms. The number of nitrogens with one attached hydrogen (secondary N) is 1. The molecule has 0 radical (unpaired) electrons. The Morgan fingerprint density at radius 2 is 1.74 bits per heavy atom. The molecule has 0 unspecified atom stereocenters. The van der Waals surface area contributed by atoms with Gasteiger partial charge in [-0.25, -0.2) is 12.7 Å². The van der Waals surface area contributed by atoms with E-state index in [2.05, 4.69) is 5.32 Å². The van der Waals surface area contributed by atoms with Gasteiger partial charge in [0.1, 0.15) is 0 Å². The lowest BCUT2D eigenvalue weighted by Gasteiger charge is -2.16. The molecule has 0 heterocycles. The molecule has 0 aliphatic rings. The van der Waals surface area contributed by atoms with Crippen LogP contribution in [0.15, 0.2) is 35.2 Å². The first kappa shape index (κ1) is 21.4. The average molecular weight is 409 g/mol. The predicted molar refractivity (Wildman–Crippen MR) is 110 cm³/mol. The Labute approximate surface area is 166 Å². The summed E-state index contributed by atoms with van der Waals surface area (Å²) in [6.07, 6.45) is 0.835. The lowest BCUT2D eigenvalue weighted by Crippen LogP contribution is -2.23. The smallest absolute Gasteiger partial charge is 0.242 e. The van der Waals surface area contributed by atoms with Crippen molar-refractivity contribution in [1.29, 1.82) is 0 Å². The first-order valence-electron chi connectivity index (χ1n) is 8.61. The second kappa shape index (κ2) is 8.42. The van der Waals surface area contributed by atoms with Crippen molar-refractivity contribution in [3.8, 4) is 0 Å². The third-order valence-electron chi connectivity index (χ3n) is 4.57. The standard InChI is InChI=1S/C20H25ClN2O3S/c1-13-6-7-16(11-18(13)21)8-9-20(24)22-19-12-17(10-14(2)15(19)3)27(25,26)23(4)5/h6-7,10-12H,8-9H2,1-5H3,(H,22,24). The minimum absolute atomic E-state index is 0.163. The number of halogens is 1. The predicted octanol–water partition coefficient (Wildman–Crippen LogP) is 4.09. The topological polar surface area (TPSA) is 66.5 Å². The van der Waals surface area contributed by atoms with Gasteiger partial charge in [-0.1, -0.05) is 23.7 Å². The van der Waals surface area contributed by atoms with E-state index in [4.69, 9.17) is 11.6 Å². The van der Waals surface area contributed by atoms with E-state index in [0.29, 0.717) is 17.1 Å². The number of amides is 1. The highest BCUT2D eigenvalue weighted by Crippen LogP contribution is 2.26. The molecule has 0 saturated carbocycles. The Bertz CT molecular complexity index is 969. The van der Waals surface area contributed by atoms with Crippen molar-refractivity contribution in [2.24, 2.45) is 0 Å². The fourth-order valence-corrected chi connectivity index (χ4v) is 3.80. The molecule has 1 N–H and O–H groups in total. The molecule has 0 aliphatic heterocycles. The van der Waals surface area contributed by atoms with E-state index in [1.165, 1.54) is 20.2 Å². The molecule has 2 aromatic carbocycles. The maximum atomic E-state index is 12.4. The van der Waals surface area contributed by atoms with Crippen LogP contribution in [0.2, 0.25) is 5.02 Å². The van der Waals surface area contributed by atoms with Gasteiger partial charge in [-0.3, -0.25) is 4.79 Å². The zero-order valence-corrected chi connectivity index (χ0v) is 17.8. The number of carbonyl (C=O) groups is 1.